The summed E-state index contributed by atoms with van der Waals surface area (Å²) >= 11 is 0. The first-order valence-corrected chi connectivity index (χ1v) is 11.3. The minimum atomic E-state index is -0.642. The van der Waals surface area contributed by atoms with E-state index in [1.807, 2.05) is 37.5 Å². The van der Waals surface area contributed by atoms with E-state index >= 15 is 0 Å². The summed E-state index contributed by atoms with van der Waals surface area (Å²) in [4.78, 5) is 17.1. The molecule has 4 heterocycles. The maximum atomic E-state index is 14.9. The Bertz CT molecular complexity index is 1330. The summed E-state index contributed by atoms with van der Waals surface area (Å²) in [6.07, 6.45) is 2.84. The van der Waals surface area contributed by atoms with Crippen LogP contribution in [0.2, 0.25) is 0 Å². The van der Waals surface area contributed by atoms with Crippen LogP contribution < -0.4 is 16.0 Å². The zero-order chi connectivity index (χ0) is 23.8. The normalized spacial score (nSPS) is 14.1. The van der Waals surface area contributed by atoms with Gasteiger partial charge in [-0.25, -0.2) is 28.7 Å². The van der Waals surface area contributed by atoms with E-state index < -0.39 is 11.6 Å². The van der Waals surface area contributed by atoms with Crippen molar-refractivity contribution in [2.75, 3.05) is 18.4 Å². The van der Waals surface area contributed by atoms with E-state index in [9.17, 15) is 8.78 Å². The van der Waals surface area contributed by atoms with Gasteiger partial charge in [0.1, 0.15) is 22.9 Å². The lowest BCUT2D eigenvalue weighted by Crippen LogP contribution is -2.54. The molecular weight excluding hydrogens is 438 g/mol. The third kappa shape index (κ3) is 4.34. The number of halogens is 2. The summed E-state index contributed by atoms with van der Waals surface area (Å²) in [6, 6.07) is 7.31. The van der Waals surface area contributed by atoms with Gasteiger partial charge in [0, 0.05) is 43.5 Å². The number of pyridine rings is 1. The minimum absolute atomic E-state index is 0.00221. The Morgan fingerprint density at radius 3 is 2.59 bits per heavy atom. The van der Waals surface area contributed by atoms with Gasteiger partial charge in [0.25, 0.3) is 0 Å². The van der Waals surface area contributed by atoms with Crippen LogP contribution in [0.3, 0.4) is 0 Å². The predicted molar refractivity (Wildman–Crippen MR) is 127 cm³/mol. The molecule has 10 heteroatoms. The van der Waals surface area contributed by atoms with E-state index in [1.165, 1.54) is 6.07 Å². The van der Waals surface area contributed by atoms with Crippen molar-refractivity contribution < 1.29 is 8.78 Å². The third-order valence-corrected chi connectivity index (χ3v) is 5.90. The van der Waals surface area contributed by atoms with Gasteiger partial charge in [-0.1, -0.05) is 6.07 Å². The molecule has 34 heavy (non-hydrogen) atoms. The molecule has 1 saturated heterocycles. The summed E-state index contributed by atoms with van der Waals surface area (Å²) in [6.45, 7) is 8.50. The molecule has 0 bridgehead atoms. The van der Waals surface area contributed by atoms with Gasteiger partial charge < -0.3 is 20.5 Å². The summed E-state index contributed by atoms with van der Waals surface area (Å²) in [5.41, 5.74) is 2.23. The molecule has 0 aliphatic carbocycles. The molecule has 0 amide bonds. The summed E-state index contributed by atoms with van der Waals surface area (Å²) in [5, 5.41) is 9.66. The number of nitrogens with zero attached hydrogens (tertiary/aromatic N) is 5. The van der Waals surface area contributed by atoms with E-state index in [0.29, 0.717) is 28.8 Å². The largest absolute Gasteiger partial charge is 0.326 e. The van der Waals surface area contributed by atoms with E-state index in [-0.39, 0.29) is 23.2 Å². The lowest BCUT2D eigenvalue weighted by molar-refractivity contribution is 0.365. The van der Waals surface area contributed by atoms with Gasteiger partial charge in [-0.3, -0.25) is 0 Å². The number of anilines is 2. The highest BCUT2D eigenvalue weighted by molar-refractivity contribution is 5.83. The minimum Gasteiger partial charge on any atom is -0.326 e. The number of aromatic nitrogens is 5. The molecule has 4 aromatic rings. The first kappa shape index (κ1) is 22.3. The molecule has 0 unspecified atom stereocenters. The lowest BCUT2D eigenvalue weighted by Gasteiger charge is -2.28. The number of fused-ring (bicyclic) bond motifs is 1. The van der Waals surface area contributed by atoms with Gasteiger partial charge in [-0.2, -0.15) is 0 Å². The Balaban J connectivity index is 1.40. The fourth-order valence-corrected chi connectivity index (χ4v) is 4.10. The standard InChI is InChI=1S/C24H26F2N8/c1-13(2)34-14(3)31-23-18(25)6-16(7-20(23)34)22-19(26)12-30-24(33-22)32-21-5-4-15(9-29-21)8-28-17-10-27-11-17/h4-7,9,12-13,17,27-28H,8,10-11H2,1-3H3,(H,29,30,32,33). The van der Waals surface area contributed by atoms with Crippen LogP contribution in [0.1, 0.15) is 31.3 Å². The van der Waals surface area contributed by atoms with Crippen molar-refractivity contribution >= 4 is 22.8 Å². The monoisotopic (exact) mass is 464 g/mol. The van der Waals surface area contributed by atoms with Crippen molar-refractivity contribution in [2.24, 2.45) is 0 Å². The van der Waals surface area contributed by atoms with E-state index in [4.69, 9.17) is 0 Å². The van der Waals surface area contributed by atoms with Crippen molar-refractivity contribution in [3.05, 3.63) is 59.7 Å². The summed E-state index contributed by atoms with van der Waals surface area (Å²) < 4.78 is 31.5. The molecule has 1 aromatic carbocycles. The third-order valence-electron chi connectivity index (χ3n) is 5.90. The topological polar surface area (TPSA) is 92.6 Å². The Labute approximate surface area is 195 Å². The Morgan fingerprint density at radius 2 is 1.91 bits per heavy atom. The van der Waals surface area contributed by atoms with Crippen LogP contribution in [0.25, 0.3) is 22.3 Å². The lowest BCUT2D eigenvalue weighted by atomic mass is 10.1. The molecule has 0 atom stereocenters. The van der Waals surface area contributed by atoms with E-state index in [2.05, 4.69) is 35.9 Å². The van der Waals surface area contributed by atoms with Crippen LogP contribution in [0, 0.1) is 18.6 Å². The number of benzene rings is 1. The number of nitrogens with one attached hydrogen (secondary N) is 3. The van der Waals surface area contributed by atoms with Crippen molar-refractivity contribution in [3.8, 4) is 11.3 Å². The average molecular weight is 465 g/mol. The fraction of sp³-hybridized carbons (Fsp3) is 0.333. The zero-order valence-corrected chi connectivity index (χ0v) is 19.2. The molecule has 176 valence electrons. The van der Waals surface area contributed by atoms with Crippen molar-refractivity contribution in [3.63, 3.8) is 0 Å². The number of rotatable bonds is 7. The highest BCUT2D eigenvalue weighted by Gasteiger charge is 2.19. The van der Waals surface area contributed by atoms with Crippen LogP contribution in [0.15, 0.2) is 36.7 Å². The Morgan fingerprint density at radius 1 is 1.09 bits per heavy atom. The van der Waals surface area contributed by atoms with Crippen LogP contribution >= 0.6 is 0 Å². The zero-order valence-electron chi connectivity index (χ0n) is 19.2. The first-order valence-electron chi connectivity index (χ1n) is 11.3. The molecule has 3 N–H and O–H groups in total. The molecule has 0 saturated carbocycles. The highest BCUT2D eigenvalue weighted by Crippen LogP contribution is 2.30. The quantitative estimate of drug-likeness (QED) is 0.382. The molecular formula is C24H26F2N8. The average Bonchev–Trinajstić information content (AvgIpc) is 3.12. The maximum absolute atomic E-state index is 14.9. The second-order valence-electron chi connectivity index (χ2n) is 8.75. The first-order chi connectivity index (χ1) is 16.4. The van der Waals surface area contributed by atoms with Crippen LogP contribution in [-0.2, 0) is 6.54 Å². The second kappa shape index (κ2) is 9.03. The highest BCUT2D eigenvalue weighted by atomic mass is 19.1. The van der Waals surface area contributed by atoms with E-state index in [1.54, 1.807) is 12.3 Å². The number of hydrogen-bond donors (Lipinski definition) is 3. The molecule has 1 aliphatic rings. The molecule has 0 spiro atoms. The van der Waals surface area contributed by atoms with Gasteiger partial charge in [0.05, 0.1) is 11.7 Å². The molecule has 0 radical (unpaired) electrons. The Kier molecular flexibility index (Phi) is 5.93. The molecule has 8 nitrogen and oxygen atoms in total. The second-order valence-corrected chi connectivity index (χ2v) is 8.75. The number of hydrogen-bond acceptors (Lipinski definition) is 7. The van der Waals surface area contributed by atoms with Gasteiger partial charge in [-0.15, -0.1) is 0 Å². The number of imidazole rings is 1. The molecule has 5 rings (SSSR count). The van der Waals surface area contributed by atoms with Gasteiger partial charge in [-0.05, 0) is 44.5 Å². The van der Waals surface area contributed by atoms with Gasteiger partial charge >= 0.3 is 0 Å². The predicted octanol–water partition coefficient (Wildman–Crippen LogP) is 3.86. The maximum Gasteiger partial charge on any atom is 0.229 e. The van der Waals surface area contributed by atoms with Crippen LogP contribution in [0.4, 0.5) is 20.5 Å². The smallest absolute Gasteiger partial charge is 0.229 e. The van der Waals surface area contributed by atoms with Crippen LogP contribution in [0.5, 0.6) is 0 Å². The van der Waals surface area contributed by atoms with E-state index in [0.717, 1.165) is 31.4 Å². The summed E-state index contributed by atoms with van der Waals surface area (Å²) in [5.74, 6) is 0.231. The molecule has 1 aliphatic heterocycles. The summed E-state index contributed by atoms with van der Waals surface area (Å²) in [7, 11) is 0. The fourth-order valence-electron chi connectivity index (χ4n) is 4.10. The van der Waals surface area contributed by atoms with Gasteiger partial charge in [0.2, 0.25) is 5.95 Å². The van der Waals surface area contributed by atoms with Crippen molar-refractivity contribution in [2.45, 2.75) is 39.4 Å². The molecule has 1 fully saturated rings. The molecule has 3 aromatic heterocycles. The van der Waals surface area contributed by atoms with Gasteiger partial charge in [0.15, 0.2) is 11.6 Å². The van der Waals surface area contributed by atoms with Crippen molar-refractivity contribution in [1.82, 2.24) is 35.1 Å². The Hall–Kier alpha value is -3.50. The SMILES string of the molecule is Cc1nc2c(F)cc(-c3nc(Nc4ccc(CNC5CNC5)cn4)ncc3F)cc2n1C(C)C. The van der Waals surface area contributed by atoms with Crippen LogP contribution in [-0.4, -0.2) is 43.6 Å². The van der Waals surface area contributed by atoms with Crippen molar-refractivity contribution in [1.29, 1.82) is 0 Å². The number of aryl methyl sites for hydroxylation is 1.